The third-order valence-electron chi connectivity index (χ3n) is 3.11. The summed E-state index contributed by atoms with van der Waals surface area (Å²) in [5.74, 6) is 0.952. The Kier molecular flexibility index (Phi) is 3.98. The van der Waals surface area contributed by atoms with Gasteiger partial charge in [0.1, 0.15) is 0 Å². The quantitative estimate of drug-likeness (QED) is 0.739. The molecular formula is C12H15BrOS. The molecule has 1 nitrogen and oxygen atoms in total. The highest BCUT2D eigenvalue weighted by atomic mass is 79.9. The van der Waals surface area contributed by atoms with Crippen molar-refractivity contribution in [2.75, 3.05) is 0 Å². The minimum absolute atomic E-state index is 0.315. The first kappa shape index (κ1) is 11.3. The summed E-state index contributed by atoms with van der Waals surface area (Å²) in [5, 5.41) is 3.93. The molecule has 0 bridgehead atoms. The van der Waals surface area contributed by atoms with E-state index in [1.165, 1.54) is 32.1 Å². The summed E-state index contributed by atoms with van der Waals surface area (Å²) in [5.41, 5.74) is 0.880. The molecule has 0 spiro atoms. The van der Waals surface area contributed by atoms with Crippen LogP contribution in [0.2, 0.25) is 0 Å². The Morgan fingerprint density at radius 2 is 2.07 bits per heavy atom. The average Bonchev–Trinajstić information content (AvgIpc) is 2.66. The van der Waals surface area contributed by atoms with Crippen LogP contribution in [-0.2, 0) is 0 Å². The van der Waals surface area contributed by atoms with Gasteiger partial charge in [0.15, 0.2) is 5.78 Å². The topological polar surface area (TPSA) is 17.1 Å². The second-order valence-electron chi connectivity index (χ2n) is 4.26. The Morgan fingerprint density at radius 1 is 1.33 bits per heavy atom. The van der Waals surface area contributed by atoms with Gasteiger partial charge in [-0.2, -0.15) is 11.3 Å². The standard InChI is InChI=1S/C12H15BrOS/c13-11-8-15-7-10(11)12(14)6-9-4-2-1-3-5-9/h7-9H,1-6H2. The van der Waals surface area contributed by atoms with Crippen molar-refractivity contribution >= 4 is 33.0 Å². The normalized spacial score (nSPS) is 17.9. The lowest BCUT2D eigenvalue weighted by atomic mass is 9.85. The van der Waals surface area contributed by atoms with Crippen LogP contribution < -0.4 is 0 Å². The molecule has 0 N–H and O–H groups in total. The molecule has 0 radical (unpaired) electrons. The van der Waals surface area contributed by atoms with Crippen molar-refractivity contribution in [2.24, 2.45) is 5.92 Å². The molecule has 0 aromatic carbocycles. The number of ketones is 1. The van der Waals surface area contributed by atoms with Gasteiger partial charge in [-0.1, -0.05) is 32.1 Å². The summed E-state index contributed by atoms with van der Waals surface area (Å²) in [6, 6.07) is 0. The largest absolute Gasteiger partial charge is 0.294 e. The summed E-state index contributed by atoms with van der Waals surface area (Å²) in [7, 11) is 0. The fraction of sp³-hybridized carbons (Fsp3) is 0.583. The number of halogens is 1. The van der Waals surface area contributed by atoms with Gasteiger partial charge in [0, 0.05) is 27.2 Å². The molecule has 1 aromatic rings. The Morgan fingerprint density at radius 3 is 2.67 bits per heavy atom. The number of carbonyl (C=O) groups excluding carboxylic acids is 1. The Bertz CT molecular complexity index is 339. The smallest absolute Gasteiger partial charge is 0.165 e. The van der Waals surface area contributed by atoms with Crippen LogP contribution in [0.4, 0.5) is 0 Å². The van der Waals surface area contributed by atoms with Crippen molar-refractivity contribution in [2.45, 2.75) is 38.5 Å². The van der Waals surface area contributed by atoms with Crippen LogP contribution in [0.3, 0.4) is 0 Å². The number of Topliss-reactive ketones (excluding diaryl/α,β-unsaturated/α-hetero) is 1. The first-order chi connectivity index (χ1) is 7.27. The molecule has 1 heterocycles. The van der Waals surface area contributed by atoms with Gasteiger partial charge < -0.3 is 0 Å². The number of hydrogen-bond acceptors (Lipinski definition) is 2. The average molecular weight is 287 g/mol. The van der Waals surface area contributed by atoms with Crippen LogP contribution in [0.15, 0.2) is 15.2 Å². The van der Waals surface area contributed by atoms with Crippen LogP contribution in [0, 0.1) is 5.92 Å². The van der Waals surface area contributed by atoms with E-state index in [0.29, 0.717) is 11.7 Å². The predicted octanol–water partition coefficient (Wildman–Crippen LogP) is 4.66. The molecule has 3 heteroatoms. The summed E-state index contributed by atoms with van der Waals surface area (Å²) in [4.78, 5) is 12.0. The number of hydrogen-bond donors (Lipinski definition) is 0. The highest BCUT2D eigenvalue weighted by Crippen LogP contribution is 2.29. The zero-order valence-corrected chi connectivity index (χ0v) is 11.1. The number of carbonyl (C=O) groups is 1. The molecule has 1 aromatic heterocycles. The van der Waals surface area contributed by atoms with Crippen LogP contribution in [-0.4, -0.2) is 5.78 Å². The van der Waals surface area contributed by atoms with Crippen molar-refractivity contribution in [1.82, 2.24) is 0 Å². The second kappa shape index (κ2) is 5.26. The lowest BCUT2D eigenvalue weighted by Crippen LogP contribution is -2.12. The maximum atomic E-state index is 12.0. The summed E-state index contributed by atoms with van der Waals surface area (Å²) >= 11 is 5.01. The van der Waals surface area contributed by atoms with E-state index in [1.54, 1.807) is 11.3 Å². The van der Waals surface area contributed by atoms with Gasteiger partial charge in [0.25, 0.3) is 0 Å². The molecule has 1 aliphatic rings. The molecule has 0 saturated heterocycles. The minimum atomic E-state index is 0.315. The lowest BCUT2D eigenvalue weighted by molar-refractivity contribution is 0.0950. The van der Waals surface area contributed by atoms with E-state index in [1.807, 2.05) is 10.8 Å². The van der Waals surface area contributed by atoms with Crippen molar-refractivity contribution in [1.29, 1.82) is 0 Å². The molecule has 0 unspecified atom stereocenters. The van der Waals surface area contributed by atoms with Crippen LogP contribution >= 0.6 is 27.3 Å². The van der Waals surface area contributed by atoms with Crippen molar-refractivity contribution in [3.05, 3.63) is 20.8 Å². The van der Waals surface area contributed by atoms with Gasteiger partial charge in [0.2, 0.25) is 0 Å². The third-order valence-corrected chi connectivity index (χ3v) is 4.82. The molecule has 1 fully saturated rings. The highest BCUT2D eigenvalue weighted by molar-refractivity contribution is 9.10. The van der Waals surface area contributed by atoms with E-state index in [0.717, 1.165) is 16.5 Å². The molecule has 1 saturated carbocycles. The molecule has 15 heavy (non-hydrogen) atoms. The van der Waals surface area contributed by atoms with Gasteiger partial charge >= 0.3 is 0 Å². The van der Waals surface area contributed by atoms with Crippen LogP contribution in [0.5, 0.6) is 0 Å². The lowest BCUT2D eigenvalue weighted by Gasteiger charge is -2.20. The van der Waals surface area contributed by atoms with E-state index in [4.69, 9.17) is 0 Å². The molecule has 0 amide bonds. The molecule has 82 valence electrons. The SMILES string of the molecule is O=C(CC1CCCCC1)c1cscc1Br. The Labute approximate surface area is 103 Å². The summed E-state index contributed by atoms with van der Waals surface area (Å²) < 4.78 is 0.966. The molecule has 1 aliphatic carbocycles. The van der Waals surface area contributed by atoms with Gasteiger partial charge in [-0.15, -0.1) is 0 Å². The van der Waals surface area contributed by atoms with Crippen molar-refractivity contribution in [3.63, 3.8) is 0 Å². The fourth-order valence-electron chi connectivity index (χ4n) is 2.24. The molecule has 2 rings (SSSR count). The van der Waals surface area contributed by atoms with Crippen LogP contribution in [0.25, 0.3) is 0 Å². The summed E-state index contributed by atoms with van der Waals surface area (Å²) in [6.07, 6.45) is 7.20. The number of thiophene rings is 1. The van der Waals surface area contributed by atoms with E-state index in [2.05, 4.69) is 15.9 Å². The van der Waals surface area contributed by atoms with Gasteiger partial charge in [-0.3, -0.25) is 4.79 Å². The minimum Gasteiger partial charge on any atom is -0.294 e. The Balaban J connectivity index is 1.94. The van der Waals surface area contributed by atoms with E-state index >= 15 is 0 Å². The number of rotatable bonds is 3. The monoisotopic (exact) mass is 286 g/mol. The van der Waals surface area contributed by atoms with E-state index in [-0.39, 0.29) is 0 Å². The van der Waals surface area contributed by atoms with E-state index in [9.17, 15) is 4.79 Å². The van der Waals surface area contributed by atoms with Crippen LogP contribution in [0.1, 0.15) is 48.9 Å². The molecular weight excluding hydrogens is 272 g/mol. The zero-order chi connectivity index (χ0) is 10.7. The second-order valence-corrected chi connectivity index (χ2v) is 5.86. The van der Waals surface area contributed by atoms with Crippen molar-refractivity contribution in [3.8, 4) is 0 Å². The first-order valence-corrected chi connectivity index (χ1v) is 7.26. The van der Waals surface area contributed by atoms with Gasteiger partial charge in [0.05, 0.1) is 0 Å². The first-order valence-electron chi connectivity index (χ1n) is 5.52. The van der Waals surface area contributed by atoms with Gasteiger partial charge in [-0.25, -0.2) is 0 Å². The Hall–Kier alpha value is -0.150. The molecule has 0 aliphatic heterocycles. The van der Waals surface area contributed by atoms with E-state index < -0.39 is 0 Å². The van der Waals surface area contributed by atoms with Crippen molar-refractivity contribution < 1.29 is 4.79 Å². The maximum Gasteiger partial charge on any atom is 0.165 e. The maximum absolute atomic E-state index is 12.0. The predicted molar refractivity (Wildman–Crippen MR) is 67.5 cm³/mol. The molecule has 0 atom stereocenters. The summed E-state index contributed by atoms with van der Waals surface area (Å²) in [6.45, 7) is 0. The highest BCUT2D eigenvalue weighted by Gasteiger charge is 2.19. The zero-order valence-electron chi connectivity index (χ0n) is 8.67. The van der Waals surface area contributed by atoms with Gasteiger partial charge in [-0.05, 0) is 21.8 Å². The fourth-order valence-corrected chi connectivity index (χ4v) is 3.76. The third kappa shape index (κ3) is 2.91.